The van der Waals surface area contributed by atoms with Gasteiger partial charge in [-0.15, -0.1) is 17.0 Å². The maximum Gasteiger partial charge on any atom is 0.322 e. The number of unbranched alkanes of at least 4 members (excludes halogenated alkanes) is 15. The molecule has 0 bridgehead atoms. The number of halogens is 1. The van der Waals surface area contributed by atoms with E-state index in [1.54, 1.807) is 11.8 Å². The minimum atomic E-state index is -1.05. The monoisotopic (exact) mass is 510 g/mol. The van der Waals surface area contributed by atoms with Crippen LogP contribution in [-0.2, 0) is 9.59 Å². The molecule has 0 aromatic rings. The van der Waals surface area contributed by atoms with Gasteiger partial charge in [-0.25, -0.2) is 0 Å². The molecule has 0 heterocycles. The quantitative estimate of drug-likeness (QED) is 0.153. The molecule has 0 radical (unpaired) electrons. The van der Waals surface area contributed by atoms with Gasteiger partial charge in [-0.2, -0.15) is 11.8 Å². The van der Waals surface area contributed by atoms with Crippen molar-refractivity contribution >= 4 is 40.6 Å². The van der Waals surface area contributed by atoms with Crippen molar-refractivity contribution in [2.45, 2.75) is 116 Å². The molecule has 0 aromatic carbocycles. The molecule has 0 aliphatic carbocycles. The summed E-state index contributed by atoms with van der Waals surface area (Å²) in [5.74, 6) is 0.126. The molecule has 1 atom stereocenters. The van der Waals surface area contributed by atoms with Crippen LogP contribution < -0.4 is 11.1 Å². The third kappa shape index (κ3) is 24.0. The zero-order chi connectivity index (χ0) is 21.6. The van der Waals surface area contributed by atoms with Crippen LogP contribution in [0, 0.1) is 0 Å². The predicted octanol–water partition coefficient (Wildman–Crippen LogP) is 6.09. The highest BCUT2D eigenvalue weighted by atomic mass is 79.9. The molecule has 5 nitrogen and oxygen atoms in total. The summed E-state index contributed by atoms with van der Waals surface area (Å²) in [4.78, 5) is 21.9. The van der Waals surface area contributed by atoms with Crippen LogP contribution in [0.4, 0.5) is 0 Å². The van der Waals surface area contributed by atoms with Gasteiger partial charge in [-0.05, 0) is 12.2 Å². The molecule has 0 saturated heterocycles. The van der Waals surface area contributed by atoms with Crippen molar-refractivity contribution in [3.8, 4) is 0 Å². The molecule has 0 aliphatic heterocycles. The Morgan fingerprint density at radius 2 is 1.20 bits per heavy atom. The zero-order valence-electron chi connectivity index (χ0n) is 19.2. The molecular weight excluding hydrogens is 464 g/mol. The highest BCUT2D eigenvalue weighted by Gasteiger charge is 2.13. The van der Waals surface area contributed by atoms with E-state index in [2.05, 4.69) is 12.2 Å². The van der Waals surface area contributed by atoms with E-state index in [1.165, 1.54) is 96.3 Å². The van der Waals surface area contributed by atoms with Crippen molar-refractivity contribution in [3.05, 3.63) is 0 Å². The Kier molecular flexibility index (Phi) is 26.6. The summed E-state index contributed by atoms with van der Waals surface area (Å²) < 4.78 is 0. The topological polar surface area (TPSA) is 92.4 Å². The van der Waals surface area contributed by atoms with Gasteiger partial charge in [0.25, 0.3) is 0 Å². The summed E-state index contributed by atoms with van der Waals surface area (Å²) in [7, 11) is 0. The van der Waals surface area contributed by atoms with Crippen LogP contribution in [0.25, 0.3) is 0 Å². The molecule has 7 heteroatoms. The first kappa shape index (κ1) is 31.9. The van der Waals surface area contributed by atoms with Gasteiger partial charge in [-0.1, -0.05) is 103 Å². The lowest BCUT2D eigenvalue weighted by Crippen LogP contribution is -2.44. The maximum absolute atomic E-state index is 11.5. The van der Waals surface area contributed by atoms with Crippen LogP contribution in [-0.4, -0.2) is 41.1 Å². The fourth-order valence-corrected chi connectivity index (χ4v) is 4.31. The van der Waals surface area contributed by atoms with Crippen molar-refractivity contribution in [3.63, 3.8) is 0 Å². The van der Waals surface area contributed by atoms with Gasteiger partial charge >= 0.3 is 5.97 Å². The summed E-state index contributed by atoms with van der Waals surface area (Å²) in [6.07, 6.45) is 21.9. The average molecular weight is 512 g/mol. The summed E-state index contributed by atoms with van der Waals surface area (Å²) in [5, 5.41) is 10.8. The first-order chi connectivity index (χ1) is 14.1. The first-order valence-electron chi connectivity index (χ1n) is 11.9. The molecule has 0 rings (SSSR count). The molecule has 0 aliphatic rings. The fourth-order valence-electron chi connectivity index (χ4n) is 3.33. The van der Waals surface area contributed by atoms with Crippen LogP contribution in [0.3, 0.4) is 0 Å². The summed E-state index contributed by atoms with van der Waals surface area (Å²) in [5.41, 5.74) is 5.75. The van der Waals surface area contributed by atoms with Crippen LogP contribution in [0.5, 0.6) is 0 Å². The molecule has 0 saturated carbocycles. The SMILES string of the molecule is Br.CCCCCCCCCCCCCCCCCCSC[C@@H](N)C(=O)NCC(=O)O. The van der Waals surface area contributed by atoms with Crippen LogP contribution in [0.1, 0.15) is 110 Å². The van der Waals surface area contributed by atoms with E-state index in [9.17, 15) is 9.59 Å². The Bertz CT molecular complexity index is 401. The molecule has 4 N–H and O–H groups in total. The van der Waals surface area contributed by atoms with Gasteiger partial charge in [0, 0.05) is 5.75 Å². The van der Waals surface area contributed by atoms with Gasteiger partial charge < -0.3 is 16.2 Å². The number of thioether (sulfide) groups is 1. The number of hydrogen-bond acceptors (Lipinski definition) is 4. The second kappa shape index (κ2) is 25.0. The van der Waals surface area contributed by atoms with Crippen molar-refractivity contribution in [1.29, 1.82) is 0 Å². The molecule has 180 valence electrons. The molecule has 0 fully saturated rings. The van der Waals surface area contributed by atoms with Crippen molar-refractivity contribution in [1.82, 2.24) is 5.32 Å². The van der Waals surface area contributed by atoms with E-state index in [0.717, 1.165) is 12.2 Å². The fraction of sp³-hybridized carbons (Fsp3) is 0.913. The van der Waals surface area contributed by atoms with E-state index >= 15 is 0 Å². The Morgan fingerprint density at radius 1 is 0.800 bits per heavy atom. The van der Waals surface area contributed by atoms with Crippen molar-refractivity contribution < 1.29 is 14.7 Å². The largest absolute Gasteiger partial charge is 0.480 e. The maximum atomic E-state index is 11.5. The smallest absolute Gasteiger partial charge is 0.322 e. The first-order valence-corrected chi connectivity index (χ1v) is 13.1. The molecular formula is C23H47BrN2O3S. The summed E-state index contributed by atoms with van der Waals surface area (Å²) in [6.45, 7) is 1.91. The minimum Gasteiger partial charge on any atom is -0.480 e. The Hall–Kier alpha value is -0.270. The minimum absolute atomic E-state index is 0. The normalized spacial score (nSPS) is 11.7. The second-order valence-electron chi connectivity index (χ2n) is 8.10. The van der Waals surface area contributed by atoms with Gasteiger partial charge in [-0.3, -0.25) is 9.59 Å². The van der Waals surface area contributed by atoms with Gasteiger partial charge in [0.05, 0.1) is 6.04 Å². The van der Waals surface area contributed by atoms with Crippen LogP contribution >= 0.6 is 28.7 Å². The lowest BCUT2D eigenvalue weighted by molar-refractivity contribution is -0.138. The molecule has 30 heavy (non-hydrogen) atoms. The number of carbonyl (C=O) groups excluding carboxylic acids is 1. The zero-order valence-corrected chi connectivity index (χ0v) is 21.7. The lowest BCUT2D eigenvalue weighted by atomic mass is 10.0. The summed E-state index contributed by atoms with van der Waals surface area (Å²) >= 11 is 1.68. The van der Waals surface area contributed by atoms with Crippen molar-refractivity contribution in [2.75, 3.05) is 18.1 Å². The number of nitrogens with one attached hydrogen (secondary N) is 1. The number of carboxylic acids is 1. The van der Waals surface area contributed by atoms with Gasteiger partial charge in [0.1, 0.15) is 6.54 Å². The number of carboxylic acid groups (broad SMARTS) is 1. The highest BCUT2D eigenvalue weighted by molar-refractivity contribution is 8.93. The summed E-state index contributed by atoms with van der Waals surface area (Å²) in [6, 6.07) is -0.625. The molecule has 0 aromatic heterocycles. The number of hydrogen-bond donors (Lipinski definition) is 3. The van der Waals surface area contributed by atoms with Crippen molar-refractivity contribution in [2.24, 2.45) is 5.73 Å². The number of amides is 1. The number of rotatable bonds is 22. The average Bonchev–Trinajstić information content (AvgIpc) is 2.70. The highest BCUT2D eigenvalue weighted by Crippen LogP contribution is 2.14. The van der Waals surface area contributed by atoms with E-state index in [-0.39, 0.29) is 29.4 Å². The van der Waals surface area contributed by atoms with E-state index in [0.29, 0.717) is 5.75 Å². The third-order valence-corrected chi connectivity index (χ3v) is 6.36. The number of nitrogens with two attached hydrogens (primary N) is 1. The lowest BCUT2D eigenvalue weighted by Gasteiger charge is -2.10. The Morgan fingerprint density at radius 3 is 1.60 bits per heavy atom. The standard InChI is InChI=1S/C23H46N2O3S.BrH/c1-2-3-4-5-6-7-8-9-10-11-12-13-14-15-16-17-18-29-20-21(24)23(28)25-19-22(26)27;/h21H,2-20,24H2,1H3,(H,25,28)(H,26,27);1H/t21-;/m1./s1. The van der Waals surface area contributed by atoms with Crippen LogP contribution in [0.2, 0.25) is 0 Å². The van der Waals surface area contributed by atoms with E-state index < -0.39 is 12.0 Å². The van der Waals surface area contributed by atoms with Crippen LogP contribution in [0.15, 0.2) is 0 Å². The number of aliphatic carboxylic acids is 1. The van der Waals surface area contributed by atoms with E-state index in [1.807, 2.05) is 0 Å². The number of carbonyl (C=O) groups is 2. The van der Waals surface area contributed by atoms with Gasteiger partial charge in [0.2, 0.25) is 5.91 Å². The third-order valence-electron chi connectivity index (χ3n) is 5.19. The van der Waals surface area contributed by atoms with Gasteiger partial charge in [0.15, 0.2) is 0 Å². The molecule has 0 spiro atoms. The predicted molar refractivity (Wildman–Crippen MR) is 136 cm³/mol. The van der Waals surface area contributed by atoms with E-state index in [4.69, 9.17) is 10.8 Å². The Balaban J connectivity index is 0. The molecule has 0 unspecified atom stereocenters. The molecule has 1 amide bonds. The second-order valence-corrected chi connectivity index (χ2v) is 9.25. The Labute approximate surface area is 199 Å².